The van der Waals surface area contributed by atoms with Crippen LogP contribution in [0.25, 0.3) is 0 Å². The van der Waals surface area contributed by atoms with Gasteiger partial charge >= 0.3 is 0 Å². The van der Waals surface area contributed by atoms with E-state index in [-0.39, 0.29) is 20.7 Å². The number of carbonyl (C=O) groups is 1. The van der Waals surface area contributed by atoms with Gasteiger partial charge in [-0.2, -0.15) is 4.31 Å². The molecule has 1 saturated heterocycles. The van der Waals surface area contributed by atoms with Crippen molar-refractivity contribution in [2.24, 2.45) is 0 Å². The van der Waals surface area contributed by atoms with Gasteiger partial charge in [0.2, 0.25) is 10.0 Å². The molecule has 3 rings (SSSR count). The fraction of sp³-hybridized carbons (Fsp3) is 0.278. The van der Waals surface area contributed by atoms with Crippen molar-refractivity contribution < 1.29 is 13.2 Å². The predicted octanol–water partition coefficient (Wildman–Crippen LogP) is 4.47. The van der Waals surface area contributed by atoms with Gasteiger partial charge in [-0.05, 0) is 43.3 Å². The van der Waals surface area contributed by atoms with Gasteiger partial charge in [-0.3, -0.25) is 4.79 Å². The van der Waals surface area contributed by atoms with Crippen molar-refractivity contribution in [2.45, 2.75) is 11.8 Å². The molecule has 0 N–H and O–H groups in total. The molecule has 0 bridgehead atoms. The summed E-state index contributed by atoms with van der Waals surface area (Å²) in [6.07, 6.45) is 0. The van der Waals surface area contributed by atoms with Crippen molar-refractivity contribution in [3.8, 4) is 0 Å². The predicted molar refractivity (Wildman–Crippen MR) is 112 cm³/mol. The molecule has 0 radical (unpaired) electrons. The fourth-order valence-electron chi connectivity index (χ4n) is 3.00. The summed E-state index contributed by atoms with van der Waals surface area (Å²) in [4.78, 5) is 13.4. The molecule has 9 heteroatoms. The molecule has 1 heterocycles. The molecule has 1 aliphatic heterocycles. The standard InChI is InChI=1S/C18H17BrCl2N2O3S/c1-12(24)13-2-4-15(5-3-13)22-6-8-23(9-7-22)27(25,26)18-16(20)10-14(19)11-17(18)21/h2-5,10-11H,6-9H2,1H3. The van der Waals surface area contributed by atoms with Crippen LogP contribution in [-0.4, -0.2) is 44.7 Å². The van der Waals surface area contributed by atoms with Crippen LogP contribution in [-0.2, 0) is 10.0 Å². The third kappa shape index (κ3) is 4.32. The maximum absolute atomic E-state index is 13.0. The summed E-state index contributed by atoms with van der Waals surface area (Å²) in [5, 5.41) is 0.188. The summed E-state index contributed by atoms with van der Waals surface area (Å²) >= 11 is 15.5. The minimum Gasteiger partial charge on any atom is -0.369 e. The second-order valence-corrected chi connectivity index (χ2v) is 9.80. The van der Waals surface area contributed by atoms with E-state index in [1.165, 1.54) is 23.4 Å². The second-order valence-electron chi connectivity index (χ2n) is 6.19. The van der Waals surface area contributed by atoms with E-state index in [0.29, 0.717) is 36.2 Å². The van der Waals surface area contributed by atoms with Crippen LogP contribution in [0.2, 0.25) is 10.0 Å². The first-order chi connectivity index (χ1) is 12.7. The van der Waals surface area contributed by atoms with Crippen molar-refractivity contribution in [3.63, 3.8) is 0 Å². The molecule has 0 spiro atoms. The molecule has 27 heavy (non-hydrogen) atoms. The molecule has 2 aromatic carbocycles. The second kappa shape index (κ2) is 8.09. The number of nitrogens with zero attached hydrogens (tertiary/aromatic N) is 2. The topological polar surface area (TPSA) is 57.7 Å². The van der Waals surface area contributed by atoms with Crippen LogP contribution in [0, 0.1) is 0 Å². The first-order valence-corrected chi connectivity index (χ1v) is 11.2. The SMILES string of the molecule is CC(=O)c1ccc(N2CCN(S(=O)(=O)c3c(Cl)cc(Br)cc3Cl)CC2)cc1. The van der Waals surface area contributed by atoms with Crippen LogP contribution in [0.15, 0.2) is 45.8 Å². The smallest absolute Gasteiger partial charge is 0.246 e. The summed E-state index contributed by atoms with van der Waals surface area (Å²) in [5.74, 6) is 0.0146. The maximum Gasteiger partial charge on any atom is 0.246 e. The Kier molecular flexibility index (Phi) is 6.17. The Morgan fingerprint density at radius 2 is 1.52 bits per heavy atom. The van der Waals surface area contributed by atoms with Crippen LogP contribution in [0.5, 0.6) is 0 Å². The normalized spacial score (nSPS) is 15.8. The van der Waals surface area contributed by atoms with Gasteiger partial charge in [-0.15, -0.1) is 0 Å². The number of anilines is 1. The number of rotatable bonds is 4. The van der Waals surface area contributed by atoms with Gasteiger partial charge < -0.3 is 4.90 Å². The highest BCUT2D eigenvalue weighted by Gasteiger charge is 2.32. The molecule has 1 fully saturated rings. The van der Waals surface area contributed by atoms with Gasteiger partial charge in [0.05, 0.1) is 10.0 Å². The first-order valence-electron chi connectivity index (χ1n) is 8.21. The molecule has 0 unspecified atom stereocenters. The number of sulfonamides is 1. The van der Waals surface area contributed by atoms with Crippen molar-refractivity contribution in [1.82, 2.24) is 4.31 Å². The number of hydrogen-bond donors (Lipinski definition) is 0. The van der Waals surface area contributed by atoms with Gasteiger partial charge in [0, 0.05) is 41.9 Å². The first kappa shape index (κ1) is 20.6. The molecule has 2 aromatic rings. The van der Waals surface area contributed by atoms with Crippen LogP contribution in [0.1, 0.15) is 17.3 Å². The van der Waals surface area contributed by atoms with E-state index in [1.54, 1.807) is 12.1 Å². The maximum atomic E-state index is 13.0. The summed E-state index contributed by atoms with van der Waals surface area (Å²) in [5.41, 5.74) is 1.61. The molecule has 1 aliphatic rings. The number of piperazine rings is 1. The lowest BCUT2D eigenvalue weighted by molar-refractivity contribution is 0.101. The minimum atomic E-state index is -3.79. The molecule has 144 valence electrons. The van der Waals surface area contributed by atoms with Gasteiger partial charge in [-0.25, -0.2) is 8.42 Å². The van der Waals surface area contributed by atoms with E-state index in [0.717, 1.165) is 5.69 Å². The number of halogens is 3. The number of benzene rings is 2. The summed E-state index contributed by atoms with van der Waals surface area (Å²) in [7, 11) is -3.79. The Morgan fingerprint density at radius 1 is 1.00 bits per heavy atom. The van der Waals surface area contributed by atoms with Crippen molar-refractivity contribution in [3.05, 3.63) is 56.5 Å². The Bertz CT molecular complexity index is 950. The van der Waals surface area contributed by atoms with Crippen LogP contribution < -0.4 is 4.90 Å². The van der Waals surface area contributed by atoms with Gasteiger partial charge in [0.1, 0.15) is 4.90 Å². The highest BCUT2D eigenvalue weighted by molar-refractivity contribution is 9.10. The largest absolute Gasteiger partial charge is 0.369 e. The summed E-state index contributed by atoms with van der Waals surface area (Å²) in [6.45, 7) is 3.23. The highest BCUT2D eigenvalue weighted by atomic mass is 79.9. The van der Waals surface area contributed by atoms with E-state index < -0.39 is 10.0 Å². The number of ketones is 1. The lowest BCUT2D eigenvalue weighted by Gasteiger charge is -2.35. The molecule has 0 amide bonds. The van der Waals surface area contributed by atoms with E-state index in [9.17, 15) is 13.2 Å². The van der Waals surface area contributed by atoms with Gasteiger partial charge in [-0.1, -0.05) is 39.1 Å². The minimum absolute atomic E-state index is 0.0146. The average molecular weight is 492 g/mol. The van der Waals surface area contributed by atoms with E-state index in [1.807, 2.05) is 12.1 Å². The Labute approximate surface area is 177 Å². The van der Waals surface area contributed by atoms with Crippen molar-refractivity contribution >= 4 is 60.6 Å². The highest BCUT2D eigenvalue weighted by Crippen LogP contribution is 2.35. The lowest BCUT2D eigenvalue weighted by atomic mass is 10.1. The number of carbonyl (C=O) groups excluding carboxylic acids is 1. The Morgan fingerprint density at radius 3 is 2.00 bits per heavy atom. The van der Waals surface area contributed by atoms with Crippen molar-refractivity contribution in [1.29, 1.82) is 0 Å². The number of hydrogen-bond acceptors (Lipinski definition) is 4. The fourth-order valence-corrected chi connectivity index (χ4v) is 6.30. The molecule has 0 atom stereocenters. The molecular weight excluding hydrogens is 475 g/mol. The zero-order valence-corrected chi connectivity index (χ0v) is 18.4. The third-order valence-corrected chi connectivity index (χ3v) is 7.72. The lowest BCUT2D eigenvalue weighted by Crippen LogP contribution is -2.48. The van der Waals surface area contributed by atoms with Gasteiger partial charge in [0.25, 0.3) is 0 Å². The average Bonchev–Trinajstić information content (AvgIpc) is 2.61. The quantitative estimate of drug-likeness (QED) is 0.592. The zero-order chi connectivity index (χ0) is 19.8. The molecule has 5 nitrogen and oxygen atoms in total. The van der Waals surface area contributed by atoms with Gasteiger partial charge in [0.15, 0.2) is 5.78 Å². The van der Waals surface area contributed by atoms with Crippen LogP contribution in [0.3, 0.4) is 0 Å². The molecular formula is C18H17BrCl2N2O3S. The van der Waals surface area contributed by atoms with E-state index in [4.69, 9.17) is 23.2 Å². The summed E-state index contributed by atoms with van der Waals surface area (Å²) in [6, 6.07) is 10.4. The monoisotopic (exact) mass is 490 g/mol. The van der Waals surface area contributed by atoms with Crippen LogP contribution >= 0.6 is 39.1 Å². The number of Topliss-reactive ketones (excluding diaryl/α,β-unsaturated/α-hetero) is 1. The van der Waals surface area contributed by atoms with E-state index in [2.05, 4.69) is 20.8 Å². The molecule has 0 saturated carbocycles. The van der Waals surface area contributed by atoms with Crippen molar-refractivity contribution in [2.75, 3.05) is 31.1 Å². The van der Waals surface area contributed by atoms with E-state index >= 15 is 0 Å². The summed E-state index contributed by atoms with van der Waals surface area (Å²) < 4.78 is 28.0. The molecule has 0 aliphatic carbocycles. The van der Waals surface area contributed by atoms with Crippen LogP contribution in [0.4, 0.5) is 5.69 Å². The third-order valence-electron chi connectivity index (χ3n) is 4.44. The zero-order valence-electron chi connectivity index (χ0n) is 14.5. The Hall–Kier alpha value is -1.12. The molecule has 0 aromatic heterocycles. The Balaban J connectivity index is 1.76.